The maximum absolute atomic E-state index is 12.9. The SMILES string of the molecule is COc1cc(NS(=O)(=O)c2ccc(NC(=O)/C=C/c3ccc(F)cc3)cc2)nc(OC)n1. The Morgan fingerprint density at radius 1 is 1.00 bits per heavy atom. The third-order valence-corrected chi connectivity index (χ3v) is 5.41. The molecule has 0 fully saturated rings. The standard InChI is InChI=1S/C21H19FN4O5S/c1-30-20-13-18(24-21(25-20)31-2)26-32(28,29)17-10-8-16(9-11-17)23-19(27)12-5-14-3-6-15(22)7-4-14/h3-13H,1-2H3,(H,23,27)(H,24,25,26)/b12-5+. The average molecular weight is 458 g/mol. The van der Waals surface area contributed by atoms with E-state index in [1.54, 1.807) is 0 Å². The van der Waals surface area contributed by atoms with Gasteiger partial charge in [-0.15, -0.1) is 0 Å². The maximum Gasteiger partial charge on any atom is 0.321 e. The van der Waals surface area contributed by atoms with E-state index in [0.29, 0.717) is 11.3 Å². The maximum atomic E-state index is 12.9. The number of hydrogen-bond donors (Lipinski definition) is 2. The summed E-state index contributed by atoms with van der Waals surface area (Å²) in [6.07, 6.45) is 2.82. The van der Waals surface area contributed by atoms with Crippen molar-refractivity contribution in [3.63, 3.8) is 0 Å². The van der Waals surface area contributed by atoms with Gasteiger partial charge in [-0.05, 0) is 48.0 Å². The van der Waals surface area contributed by atoms with Crippen molar-refractivity contribution in [1.82, 2.24) is 9.97 Å². The first-order chi connectivity index (χ1) is 15.3. The molecule has 1 aromatic heterocycles. The van der Waals surface area contributed by atoms with Gasteiger partial charge in [0.15, 0.2) is 5.82 Å². The summed E-state index contributed by atoms with van der Waals surface area (Å²) < 4.78 is 50.4. The summed E-state index contributed by atoms with van der Waals surface area (Å²) >= 11 is 0. The summed E-state index contributed by atoms with van der Waals surface area (Å²) in [6, 6.07) is 12.4. The monoisotopic (exact) mass is 458 g/mol. The zero-order valence-electron chi connectivity index (χ0n) is 17.1. The number of anilines is 2. The summed E-state index contributed by atoms with van der Waals surface area (Å²) in [5.41, 5.74) is 1.05. The van der Waals surface area contributed by atoms with Gasteiger partial charge in [0.25, 0.3) is 10.0 Å². The molecule has 3 rings (SSSR count). The van der Waals surface area contributed by atoms with Gasteiger partial charge in [-0.2, -0.15) is 9.97 Å². The summed E-state index contributed by atoms with van der Waals surface area (Å²) in [6.45, 7) is 0. The molecule has 0 aliphatic rings. The van der Waals surface area contributed by atoms with Crippen LogP contribution in [0.2, 0.25) is 0 Å². The predicted molar refractivity (Wildman–Crippen MR) is 116 cm³/mol. The smallest absolute Gasteiger partial charge is 0.321 e. The minimum atomic E-state index is -3.97. The van der Waals surface area contributed by atoms with Crippen molar-refractivity contribution in [2.75, 3.05) is 24.3 Å². The van der Waals surface area contributed by atoms with Gasteiger partial charge in [-0.25, -0.2) is 12.8 Å². The van der Waals surface area contributed by atoms with E-state index < -0.39 is 15.9 Å². The zero-order chi connectivity index (χ0) is 23.1. The highest BCUT2D eigenvalue weighted by Crippen LogP contribution is 2.21. The second kappa shape index (κ2) is 9.88. The first-order valence-electron chi connectivity index (χ1n) is 9.13. The van der Waals surface area contributed by atoms with Crippen LogP contribution >= 0.6 is 0 Å². The van der Waals surface area contributed by atoms with Gasteiger partial charge in [0.05, 0.1) is 19.1 Å². The Kier molecular flexibility index (Phi) is 7.00. The lowest BCUT2D eigenvalue weighted by Crippen LogP contribution is -2.15. The van der Waals surface area contributed by atoms with E-state index in [4.69, 9.17) is 9.47 Å². The molecule has 166 valence electrons. The van der Waals surface area contributed by atoms with Crippen molar-refractivity contribution in [2.45, 2.75) is 4.90 Å². The molecule has 9 nitrogen and oxygen atoms in total. The second-order valence-electron chi connectivity index (χ2n) is 6.29. The van der Waals surface area contributed by atoms with E-state index in [0.717, 1.165) is 0 Å². The molecule has 0 atom stereocenters. The molecule has 2 N–H and O–H groups in total. The molecule has 0 radical (unpaired) electrons. The first kappa shape index (κ1) is 22.7. The lowest BCUT2D eigenvalue weighted by atomic mass is 10.2. The van der Waals surface area contributed by atoms with E-state index >= 15 is 0 Å². The second-order valence-corrected chi connectivity index (χ2v) is 7.97. The number of methoxy groups -OCH3 is 2. The molecule has 0 bridgehead atoms. The number of ether oxygens (including phenoxy) is 2. The van der Waals surface area contributed by atoms with Gasteiger partial charge in [-0.3, -0.25) is 9.52 Å². The van der Waals surface area contributed by atoms with E-state index in [-0.39, 0.29) is 28.4 Å². The van der Waals surface area contributed by atoms with E-state index in [1.807, 2.05) is 0 Å². The molecule has 1 heterocycles. The zero-order valence-corrected chi connectivity index (χ0v) is 17.9. The van der Waals surface area contributed by atoms with Crippen LogP contribution in [-0.4, -0.2) is 38.5 Å². The normalized spacial score (nSPS) is 11.2. The van der Waals surface area contributed by atoms with E-state index in [1.165, 1.54) is 81.0 Å². The number of carbonyl (C=O) groups excluding carboxylic acids is 1. The Balaban J connectivity index is 1.67. The Hall–Kier alpha value is -3.99. The van der Waals surface area contributed by atoms with Gasteiger partial charge in [0.1, 0.15) is 5.82 Å². The Morgan fingerprint density at radius 3 is 2.31 bits per heavy atom. The molecule has 0 aliphatic heterocycles. The summed E-state index contributed by atoms with van der Waals surface area (Å²) in [7, 11) is -1.25. The Bertz CT molecular complexity index is 1210. The number of hydrogen-bond acceptors (Lipinski definition) is 7. The quantitative estimate of drug-likeness (QED) is 0.498. The molecule has 0 aliphatic carbocycles. The van der Waals surface area contributed by atoms with Crippen LogP contribution in [0.3, 0.4) is 0 Å². The molecular formula is C21H19FN4O5S. The molecule has 3 aromatic rings. The molecule has 32 heavy (non-hydrogen) atoms. The highest BCUT2D eigenvalue weighted by atomic mass is 32.2. The number of rotatable bonds is 8. The number of carbonyl (C=O) groups is 1. The summed E-state index contributed by atoms with van der Waals surface area (Å²) in [5, 5.41) is 2.61. The van der Waals surface area contributed by atoms with E-state index in [2.05, 4.69) is 20.0 Å². The van der Waals surface area contributed by atoms with Crippen LogP contribution in [-0.2, 0) is 14.8 Å². The number of amides is 1. The molecule has 11 heteroatoms. The third kappa shape index (κ3) is 6.01. The number of halogens is 1. The first-order valence-corrected chi connectivity index (χ1v) is 10.6. The highest BCUT2D eigenvalue weighted by Gasteiger charge is 2.17. The highest BCUT2D eigenvalue weighted by molar-refractivity contribution is 7.92. The number of benzene rings is 2. The van der Waals surface area contributed by atoms with Crippen LogP contribution < -0.4 is 19.5 Å². The average Bonchev–Trinajstić information content (AvgIpc) is 2.78. The van der Waals surface area contributed by atoms with Gasteiger partial charge < -0.3 is 14.8 Å². The van der Waals surface area contributed by atoms with E-state index in [9.17, 15) is 17.6 Å². The van der Waals surface area contributed by atoms with Crippen LogP contribution in [0.15, 0.2) is 65.6 Å². The number of nitrogens with one attached hydrogen (secondary N) is 2. The Morgan fingerprint density at radius 2 is 1.69 bits per heavy atom. The topological polar surface area (TPSA) is 120 Å². The lowest BCUT2D eigenvalue weighted by molar-refractivity contribution is -0.111. The molecular weight excluding hydrogens is 439 g/mol. The van der Waals surface area contributed by atoms with Crippen LogP contribution in [0.5, 0.6) is 11.9 Å². The molecule has 0 saturated carbocycles. The fraction of sp³-hybridized carbons (Fsp3) is 0.0952. The molecule has 1 amide bonds. The van der Waals surface area contributed by atoms with Crippen molar-refractivity contribution in [3.8, 4) is 11.9 Å². The van der Waals surface area contributed by atoms with Crippen LogP contribution in [0.4, 0.5) is 15.9 Å². The number of nitrogens with zero attached hydrogens (tertiary/aromatic N) is 2. The van der Waals surface area contributed by atoms with Crippen molar-refractivity contribution in [3.05, 3.63) is 72.1 Å². The van der Waals surface area contributed by atoms with Crippen LogP contribution in [0.1, 0.15) is 5.56 Å². The minimum absolute atomic E-state index is 0.0305. The molecule has 2 aromatic carbocycles. The predicted octanol–water partition coefficient (Wildman–Crippen LogP) is 3.09. The number of sulfonamides is 1. The largest absolute Gasteiger partial charge is 0.481 e. The molecule has 0 spiro atoms. The Labute approximate surface area is 184 Å². The lowest BCUT2D eigenvalue weighted by Gasteiger charge is -2.10. The molecule has 0 unspecified atom stereocenters. The van der Waals surface area contributed by atoms with Gasteiger partial charge in [0.2, 0.25) is 11.8 Å². The van der Waals surface area contributed by atoms with Crippen molar-refractivity contribution >= 4 is 33.5 Å². The fourth-order valence-corrected chi connectivity index (χ4v) is 3.49. The van der Waals surface area contributed by atoms with Gasteiger partial charge >= 0.3 is 6.01 Å². The fourth-order valence-electron chi connectivity index (χ4n) is 2.50. The van der Waals surface area contributed by atoms with Crippen LogP contribution in [0.25, 0.3) is 6.08 Å². The van der Waals surface area contributed by atoms with Crippen molar-refractivity contribution in [2.24, 2.45) is 0 Å². The molecule has 0 saturated heterocycles. The number of aromatic nitrogens is 2. The van der Waals surface area contributed by atoms with Crippen molar-refractivity contribution < 1.29 is 27.1 Å². The minimum Gasteiger partial charge on any atom is -0.481 e. The van der Waals surface area contributed by atoms with Crippen molar-refractivity contribution in [1.29, 1.82) is 0 Å². The van der Waals surface area contributed by atoms with Crippen LogP contribution in [0, 0.1) is 5.82 Å². The summed E-state index contributed by atoms with van der Waals surface area (Å²) in [5.74, 6) is -0.698. The third-order valence-electron chi connectivity index (χ3n) is 4.04. The van der Waals surface area contributed by atoms with Gasteiger partial charge in [-0.1, -0.05) is 12.1 Å². The summed E-state index contributed by atoms with van der Waals surface area (Å²) in [4.78, 5) is 19.8. The van der Waals surface area contributed by atoms with Gasteiger partial charge in [0, 0.05) is 17.8 Å².